The Kier molecular flexibility index (Phi) is 6.96. The van der Waals surface area contributed by atoms with Crippen molar-refractivity contribution in [2.75, 3.05) is 11.9 Å². The minimum absolute atomic E-state index is 0.131. The second-order valence-electron chi connectivity index (χ2n) is 8.00. The summed E-state index contributed by atoms with van der Waals surface area (Å²) in [6.07, 6.45) is 2.34. The Labute approximate surface area is 192 Å². The van der Waals surface area contributed by atoms with Crippen LogP contribution in [0.4, 0.5) is 5.69 Å². The van der Waals surface area contributed by atoms with E-state index in [0.717, 1.165) is 6.21 Å². The molecule has 1 aliphatic rings. The summed E-state index contributed by atoms with van der Waals surface area (Å²) >= 11 is 6.09. The summed E-state index contributed by atoms with van der Waals surface area (Å²) in [6, 6.07) is 12.8. The van der Waals surface area contributed by atoms with Gasteiger partial charge in [0, 0.05) is 40.8 Å². The Bertz CT molecular complexity index is 1140. The third kappa shape index (κ3) is 4.51. The first kappa shape index (κ1) is 23.0. The van der Waals surface area contributed by atoms with E-state index in [9.17, 15) is 14.9 Å². The van der Waals surface area contributed by atoms with Gasteiger partial charge in [0.2, 0.25) is 5.91 Å². The van der Waals surface area contributed by atoms with Crippen molar-refractivity contribution in [2.45, 2.75) is 25.8 Å². The van der Waals surface area contributed by atoms with Crippen molar-refractivity contribution in [3.63, 3.8) is 0 Å². The zero-order chi connectivity index (χ0) is 23.4. The second kappa shape index (κ2) is 9.67. The third-order valence-corrected chi connectivity index (χ3v) is 5.50. The molecule has 2 aromatic carbocycles. The molecule has 164 valence electrons. The van der Waals surface area contributed by atoms with Crippen LogP contribution in [0.5, 0.6) is 0 Å². The highest BCUT2D eigenvalue weighted by Crippen LogP contribution is 2.38. The van der Waals surface area contributed by atoms with Crippen LogP contribution in [-0.4, -0.2) is 35.5 Å². The summed E-state index contributed by atoms with van der Waals surface area (Å²) in [4.78, 5) is 28.6. The number of rotatable bonds is 6. The van der Waals surface area contributed by atoms with Crippen molar-refractivity contribution >= 4 is 35.3 Å². The van der Waals surface area contributed by atoms with Gasteiger partial charge in [0.15, 0.2) is 0 Å². The number of nitrogens with zero attached hydrogens (tertiary/aromatic N) is 2. The molecule has 0 saturated carbocycles. The van der Waals surface area contributed by atoms with Gasteiger partial charge in [0.1, 0.15) is 0 Å². The van der Waals surface area contributed by atoms with Crippen molar-refractivity contribution in [1.29, 1.82) is 10.7 Å². The molecule has 0 unspecified atom stereocenters. The van der Waals surface area contributed by atoms with Gasteiger partial charge in [-0.3, -0.25) is 9.59 Å². The number of hydrogen-bond donors (Lipinski definition) is 3. The first-order chi connectivity index (χ1) is 15.3. The Morgan fingerprint density at radius 2 is 2.06 bits per heavy atom. The molecule has 7 nitrogen and oxygen atoms in total. The van der Waals surface area contributed by atoms with Crippen molar-refractivity contribution in [1.82, 2.24) is 4.90 Å². The minimum Gasteiger partial charge on any atom is -0.404 e. The highest BCUT2D eigenvalue weighted by atomic mass is 35.5. The maximum atomic E-state index is 13.6. The van der Waals surface area contributed by atoms with Crippen molar-refractivity contribution in [3.8, 4) is 6.07 Å². The topological polar surface area (TPSA) is 123 Å². The Balaban J connectivity index is 2.14. The molecule has 4 N–H and O–H groups in total. The zero-order valence-corrected chi connectivity index (χ0v) is 18.6. The van der Waals surface area contributed by atoms with Gasteiger partial charge < -0.3 is 21.4 Å². The van der Waals surface area contributed by atoms with Crippen LogP contribution in [0.3, 0.4) is 0 Å². The predicted octanol–water partition coefficient (Wildman–Crippen LogP) is 3.91. The number of nitrogens with one attached hydrogen (secondary N) is 2. The number of amides is 2. The lowest BCUT2D eigenvalue weighted by atomic mass is 9.79. The number of anilines is 1. The van der Waals surface area contributed by atoms with Crippen molar-refractivity contribution < 1.29 is 9.59 Å². The fourth-order valence-corrected chi connectivity index (χ4v) is 4.25. The SMILES string of the molecule is CC(C)CN1C(=O)c2ccccc2[C@H](C(=O)Nc2cc(Cl)cc(C#N)c2)[C@H]1/C(C=N)=C/N. The van der Waals surface area contributed by atoms with Crippen LogP contribution in [0.1, 0.15) is 41.3 Å². The highest BCUT2D eigenvalue weighted by molar-refractivity contribution is 6.31. The zero-order valence-electron chi connectivity index (χ0n) is 17.8. The fourth-order valence-electron chi connectivity index (χ4n) is 4.02. The molecular formula is C24H24ClN5O2. The highest BCUT2D eigenvalue weighted by Gasteiger charge is 2.44. The molecule has 2 amide bonds. The van der Waals surface area contributed by atoms with E-state index in [0.29, 0.717) is 39.5 Å². The molecule has 2 aromatic rings. The van der Waals surface area contributed by atoms with E-state index in [-0.39, 0.29) is 11.8 Å². The normalized spacial score (nSPS) is 18.2. The summed E-state index contributed by atoms with van der Waals surface area (Å²) in [5.74, 6) is -1.29. The summed E-state index contributed by atoms with van der Waals surface area (Å²) in [5.41, 5.74) is 7.85. The van der Waals surface area contributed by atoms with Crippen molar-refractivity contribution in [3.05, 3.63) is 76.0 Å². The molecule has 0 spiro atoms. The monoisotopic (exact) mass is 449 g/mol. The molecule has 0 bridgehead atoms. The van der Waals surface area contributed by atoms with E-state index in [4.69, 9.17) is 22.7 Å². The quantitative estimate of drug-likeness (QED) is 0.578. The molecule has 0 saturated heterocycles. The number of fused-ring (bicyclic) bond motifs is 1. The van der Waals surface area contributed by atoms with Crippen LogP contribution in [0.2, 0.25) is 5.02 Å². The molecule has 0 aliphatic carbocycles. The molecular weight excluding hydrogens is 426 g/mol. The summed E-state index contributed by atoms with van der Waals surface area (Å²) in [6.45, 7) is 4.35. The largest absolute Gasteiger partial charge is 0.404 e. The number of nitrogens with two attached hydrogens (primary N) is 1. The molecule has 2 atom stereocenters. The van der Waals surface area contributed by atoms with Crippen LogP contribution < -0.4 is 11.1 Å². The van der Waals surface area contributed by atoms with Crippen LogP contribution in [0.25, 0.3) is 0 Å². The number of halogens is 1. The number of carbonyl (C=O) groups excluding carboxylic acids is 2. The van der Waals surface area contributed by atoms with E-state index in [1.165, 1.54) is 18.3 Å². The fraction of sp³-hybridized carbons (Fsp3) is 0.250. The first-order valence-electron chi connectivity index (χ1n) is 10.1. The number of nitriles is 1. The molecule has 0 aromatic heterocycles. The number of carbonyl (C=O) groups is 2. The molecule has 0 fully saturated rings. The van der Waals surface area contributed by atoms with Crippen LogP contribution in [0, 0.1) is 22.7 Å². The average Bonchev–Trinajstić information content (AvgIpc) is 2.76. The summed E-state index contributed by atoms with van der Waals surface area (Å²) in [5, 5.41) is 20.2. The number of benzene rings is 2. The molecule has 32 heavy (non-hydrogen) atoms. The van der Waals surface area contributed by atoms with Crippen molar-refractivity contribution in [2.24, 2.45) is 11.7 Å². The maximum absolute atomic E-state index is 13.6. The first-order valence-corrected chi connectivity index (χ1v) is 10.5. The lowest BCUT2D eigenvalue weighted by Crippen LogP contribution is -2.53. The molecule has 1 aliphatic heterocycles. The Morgan fingerprint density at radius 1 is 1.34 bits per heavy atom. The summed E-state index contributed by atoms with van der Waals surface area (Å²) < 4.78 is 0. The van der Waals surface area contributed by atoms with Crippen LogP contribution in [-0.2, 0) is 4.79 Å². The average molecular weight is 450 g/mol. The predicted molar refractivity (Wildman–Crippen MR) is 125 cm³/mol. The van der Waals surface area contributed by atoms with E-state index in [2.05, 4.69) is 5.32 Å². The van der Waals surface area contributed by atoms with Gasteiger partial charge in [-0.1, -0.05) is 43.6 Å². The Hall–Kier alpha value is -3.63. The van der Waals surface area contributed by atoms with Gasteiger partial charge in [-0.25, -0.2) is 0 Å². The number of hydrogen-bond acceptors (Lipinski definition) is 5. The van der Waals surface area contributed by atoms with Crippen LogP contribution in [0.15, 0.2) is 54.2 Å². The van der Waals surface area contributed by atoms with Crippen LogP contribution >= 0.6 is 11.6 Å². The maximum Gasteiger partial charge on any atom is 0.254 e. The van der Waals surface area contributed by atoms with Gasteiger partial charge in [-0.05, 0) is 35.7 Å². The van der Waals surface area contributed by atoms with E-state index in [1.54, 1.807) is 35.2 Å². The molecule has 8 heteroatoms. The van der Waals surface area contributed by atoms with Gasteiger partial charge >= 0.3 is 0 Å². The van der Waals surface area contributed by atoms with E-state index < -0.39 is 17.9 Å². The lowest BCUT2D eigenvalue weighted by Gasteiger charge is -2.42. The minimum atomic E-state index is -0.816. The molecule has 1 heterocycles. The summed E-state index contributed by atoms with van der Waals surface area (Å²) in [7, 11) is 0. The van der Waals surface area contributed by atoms with Gasteiger partial charge in [-0.2, -0.15) is 5.26 Å². The van der Waals surface area contributed by atoms with Gasteiger partial charge in [-0.15, -0.1) is 0 Å². The third-order valence-electron chi connectivity index (χ3n) is 5.28. The standard InChI is InChI=1S/C24H24ClN5O2/c1-14(2)13-30-22(16(11-27)12-28)21(19-5-3-4-6-20(19)24(30)32)23(31)29-18-8-15(10-26)7-17(25)9-18/h3-9,11-12,14,21-22,27H,13,28H2,1-2H3,(H,29,31)/b16-12+,27-11?/t21-,22+/m0/s1. The molecule has 0 radical (unpaired) electrons. The smallest absolute Gasteiger partial charge is 0.254 e. The van der Waals surface area contributed by atoms with E-state index >= 15 is 0 Å². The van der Waals surface area contributed by atoms with Gasteiger partial charge in [0.05, 0.1) is 23.6 Å². The lowest BCUT2D eigenvalue weighted by molar-refractivity contribution is -0.118. The Morgan fingerprint density at radius 3 is 2.69 bits per heavy atom. The van der Waals surface area contributed by atoms with E-state index in [1.807, 2.05) is 19.9 Å². The molecule has 3 rings (SSSR count). The second-order valence-corrected chi connectivity index (χ2v) is 8.44. The van der Waals surface area contributed by atoms with Gasteiger partial charge in [0.25, 0.3) is 5.91 Å².